The minimum absolute atomic E-state index is 0.0805. The van der Waals surface area contributed by atoms with E-state index in [0.29, 0.717) is 30.4 Å². The number of nitrogens with zero attached hydrogens (tertiary/aromatic N) is 1. The van der Waals surface area contributed by atoms with E-state index in [-0.39, 0.29) is 11.8 Å². The summed E-state index contributed by atoms with van der Waals surface area (Å²) in [7, 11) is -3.50. The topological polar surface area (TPSA) is 66.5 Å². The van der Waals surface area contributed by atoms with Gasteiger partial charge in [-0.1, -0.05) is 18.2 Å². The molecular weight excluding hydrogens is 288 g/mol. The molecule has 1 saturated heterocycles. The number of carbonyl (C=O) groups is 1. The van der Waals surface area contributed by atoms with Crippen LogP contribution in [0.25, 0.3) is 0 Å². The molecule has 3 rings (SSSR count). The fourth-order valence-corrected chi connectivity index (χ4v) is 4.21. The summed E-state index contributed by atoms with van der Waals surface area (Å²) in [4.78, 5) is 14.1. The van der Waals surface area contributed by atoms with Gasteiger partial charge in [-0.3, -0.25) is 4.79 Å². The summed E-state index contributed by atoms with van der Waals surface area (Å²) >= 11 is 0. The maximum atomic E-state index is 12.3. The molecule has 1 amide bonds. The van der Waals surface area contributed by atoms with Crippen molar-refractivity contribution in [1.82, 2.24) is 9.62 Å². The zero-order chi connectivity index (χ0) is 15.0. The SMILES string of the molecule is Cc1ccccc1S(=O)(=O)NCC1CC(=O)N(C2CC2)C1. The van der Waals surface area contributed by atoms with Gasteiger partial charge >= 0.3 is 0 Å². The summed E-state index contributed by atoms with van der Waals surface area (Å²) in [5.41, 5.74) is 0.729. The average Bonchev–Trinajstić information content (AvgIpc) is 3.21. The van der Waals surface area contributed by atoms with Gasteiger partial charge in [-0.15, -0.1) is 0 Å². The Labute approximate surface area is 125 Å². The van der Waals surface area contributed by atoms with Crippen molar-refractivity contribution in [2.75, 3.05) is 13.1 Å². The number of hydrogen-bond acceptors (Lipinski definition) is 3. The van der Waals surface area contributed by atoms with Gasteiger partial charge in [0.05, 0.1) is 4.90 Å². The number of nitrogens with one attached hydrogen (secondary N) is 1. The van der Waals surface area contributed by atoms with Crippen LogP contribution in [0.2, 0.25) is 0 Å². The molecule has 1 atom stereocenters. The summed E-state index contributed by atoms with van der Waals surface area (Å²) in [5, 5.41) is 0. The lowest BCUT2D eigenvalue weighted by molar-refractivity contribution is -0.128. The first kappa shape index (κ1) is 14.5. The van der Waals surface area contributed by atoms with Crippen LogP contribution in [-0.2, 0) is 14.8 Å². The molecule has 1 aliphatic carbocycles. The van der Waals surface area contributed by atoms with E-state index in [2.05, 4.69) is 4.72 Å². The van der Waals surface area contributed by atoms with Crippen molar-refractivity contribution in [3.8, 4) is 0 Å². The third-order valence-electron chi connectivity index (χ3n) is 4.17. The molecule has 1 unspecified atom stereocenters. The molecule has 0 aromatic heterocycles. The average molecular weight is 308 g/mol. The molecule has 1 aromatic carbocycles. The molecule has 1 aliphatic heterocycles. The van der Waals surface area contributed by atoms with Crippen LogP contribution < -0.4 is 4.72 Å². The van der Waals surface area contributed by atoms with Crippen LogP contribution in [0.1, 0.15) is 24.8 Å². The lowest BCUT2D eigenvalue weighted by atomic mass is 10.1. The number of sulfonamides is 1. The number of amides is 1. The summed E-state index contributed by atoms with van der Waals surface area (Å²) < 4.78 is 27.3. The van der Waals surface area contributed by atoms with Gasteiger partial charge in [0.1, 0.15) is 0 Å². The van der Waals surface area contributed by atoms with E-state index in [1.54, 1.807) is 25.1 Å². The lowest BCUT2D eigenvalue weighted by Crippen LogP contribution is -2.32. The van der Waals surface area contributed by atoms with Gasteiger partial charge in [-0.05, 0) is 37.3 Å². The Morgan fingerprint density at radius 1 is 1.29 bits per heavy atom. The molecule has 0 spiro atoms. The monoisotopic (exact) mass is 308 g/mol. The predicted octanol–water partition coefficient (Wildman–Crippen LogP) is 1.28. The Morgan fingerprint density at radius 2 is 2.00 bits per heavy atom. The Kier molecular flexibility index (Phi) is 3.75. The van der Waals surface area contributed by atoms with Crippen LogP contribution in [0.3, 0.4) is 0 Å². The molecule has 21 heavy (non-hydrogen) atoms. The van der Waals surface area contributed by atoms with Gasteiger partial charge in [0.15, 0.2) is 0 Å². The van der Waals surface area contributed by atoms with Crippen LogP contribution in [0, 0.1) is 12.8 Å². The van der Waals surface area contributed by atoms with Crippen molar-refractivity contribution in [2.24, 2.45) is 5.92 Å². The normalized spacial score (nSPS) is 22.8. The second-order valence-electron chi connectivity index (χ2n) is 5.96. The molecular formula is C15H20N2O3S. The van der Waals surface area contributed by atoms with Crippen molar-refractivity contribution < 1.29 is 13.2 Å². The van der Waals surface area contributed by atoms with E-state index in [1.807, 2.05) is 11.0 Å². The van der Waals surface area contributed by atoms with Gasteiger partial charge in [-0.2, -0.15) is 0 Å². The molecule has 6 heteroatoms. The van der Waals surface area contributed by atoms with Gasteiger partial charge in [-0.25, -0.2) is 13.1 Å². The van der Waals surface area contributed by atoms with Crippen molar-refractivity contribution in [3.63, 3.8) is 0 Å². The van der Waals surface area contributed by atoms with Crippen molar-refractivity contribution in [1.29, 1.82) is 0 Å². The smallest absolute Gasteiger partial charge is 0.240 e. The van der Waals surface area contributed by atoms with Crippen LogP contribution in [0.5, 0.6) is 0 Å². The number of hydrogen-bond donors (Lipinski definition) is 1. The van der Waals surface area contributed by atoms with Crippen molar-refractivity contribution in [3.05, 3.63) is 29.8 Å². The van der Waals surface area contributed by atoms with Gasteiger partial charge in [0.25, 0.3) is 0 Å². The van der Waals surface area contributed by atoms with E-state index in [0.717, 1.165) is 18.4 Å². The Morgan fingerprint density at radius 3 is 2.67 bits per heavy atom. The molecule has 2 aliphatic rings. The Bertz CT molecular complexity index is 653. The summed E-state index contributed by atoms with van der Waals surface area (Å²) in [6.07, 6.45) is 2.63. The maximum absolute atomic E-state index is 12.3. The lowest BCUT2D eigenvalue weighted by Gasteiger charge is -2.16. The van der Waals surface area contributed by atoms with E-state index in [9.17, 15) is 13.2 Å². The van der Waals surface area contributed by atoms with E-state index in [1.165, 1.54) is 0 Å². The molecule has 0 radical (unpaired) electrons. The van der Waals surface area contributed by atoms with Crippen molar-refractivity contribution >= 4 is 15.9 Å². The zero-order valence-electron chi connectivity index (χ0n) is 12.1. The molecule has 0 bridgehead atoms. The van der Waals surface area contributed by atoms with E-state index in [4.69, 9.17) is 0 Å². The third-order valence-corrected chi connectivity index (χ3v) is 5.76. The number of rotatable bonds is 5. The summed E-state index contributed by atoms with van der Waals surface area (Å²) in [6.45, 7) is 2.79. The highest BCUT2D eigenvalue weighted by Crippen LogP contribution is 2.32. The molecule has 1 aromatic rings. The van der Waals surface area contributed by atoms with Gasteiger partial charge in [0, 0.05) is 25.6 Å². The second kappa shape index (κ2) is 5.42. The fraction of sp³-hybridized carbons (Fsp3) is 0.533. The predicted molar refractivity (Wildman–Crippen MR) is 79.2 cm³/mol. The summed E-state index contributed by atoms with van der Waals surface area (Å²) in [5.74, 6) is 0.245. The van der Waals surface area contributed by atoms with Crippen LogP contribution >= 0.6 is 0 Å². The minimum Gasteiger partial charge on any atom is -0.339 e. The number of benzene rings is 1. The van der Waals surface area contributed by atoms with Gasteiger partial charge < -0.3 is 4.90 Å². The minimum atomic E-state index is -3.50. The zero-order valence-corrected chi connectivity index (χ0v) is 12.9. The molecule has 1 N–H and O–H groups in total. The quantitative estimate of drug-likeness (QED) is 0.891. The van der Waals surface area contributed by atoms with E-state index >= 15 is 0 Å². The first-order valence-electron chi connectivity index (χ1n) is 7.32. The van der Waals surface area contributed by atoms with Crippen molar-refractivity contribution in [2.45, 2.75) is 37.1 Å². The third kappa shape index (κ3) is 3.11. The maximum Gasteiger partial charge on any atom is 0.240 e. The highest BCUT2D eigenvalue weighted by Gasteiger charge is 2.39. The number of aryl methyl sites for hydroxylation is 1. The second-order valence-corrected chi connectivity index (χ2v) is 7.70. The highest BCUT2D eigenvalue weighted by atomic mass is 32.2. The Hall–Kier alpha value is -1.40. The molecule has 1 saturated carbocycles. The first-order valence-corrected chi connectivity index (χ1v) is 8.80. The standard InChI is InChI=1S/C15H20N2O3S/c1-11-4-2-3-5-14(11)21(19,20)16-9-12-8-15(18)17(10-12)13-6-7-13/h2-5,12-13,16H,6-10H2,1H3. The molecule has 5 nitrogen and oxygen atoms in total. The van der Waals surface area contributed by atoms with Gasteiger partial charge in [0.2, 0.25) is 15.9 Å². The number of carbonyl (C=O) groups excluding carboxylic acids is 1. The molecule has 1 heterocycles. The summed E-state index contributed by atoms with van der Waals surface area (Å²) in [6, 6.07) is 7.33. The van der Waals surface area contributed by atoms with Crippen LogP contribution in [-0.4, -0.2) is 38.4 Å². The Balaban J connectivity index is 1.62. The highest BCUT2D eigenvalue weighted by molar-refractivity contribution is 7.89. The fourth-order valence-electron chi connectivity index (χ4n) is 2.85. The molecule has 2 fully saturated rings. The largest absolute Gasteiger partial charge is 0.339 e. The first-order chi connectivity index (χ1) is 9.97. The van der Waals surface area contributed by atoms with E-state index < -0.39 is 10.0 Å². The van der Waals surface area contributed by atoms with Crippen LogP contribution in [0.4, 0.5) is 0 Å². The van der Waals surface area contributed by atoms with Crippen LogP contribution in [0.15, 0.2) is 29.2 Å². The molecule has 114 valence electrons. The number of likely N-dealkylation sites (tertiary alicyclic amines) is 1.